The van der Waals surface area contributed by atoms with Gasteiger partial charge in [-0.3, -0.25) is 4.79 Å². The molecule has 1 fully saturated rings. The number of nitrogens with zero attached hydrogens (tertiary/aromatic N) is 1. The fraction of sp³-hybridized carbons (Fsp3) is 0.929. The predicted molar refractivity (Wildman–Crippen MR) is 74.0 cm³/mol. The Kier molecular flexibility index (Phi) is 8.03. The van der Waals surface area contributed by atoms with Crippen molar-refractivity contribution in [1.82, 2.24) is 10.2 Å². The summed E-state index contributed by atoms with van der Waals surface area (Å²) < 4.78 is 40.3. The van der Waals surface area contributed by atoms with E-state index in [1.54, 1.807) is 4.90 Å². The van der Waals surface area contributed by atoms with E-state index in [-0.39, 0.29) is 18.9 Å². The molecule has 0 spiro atoms. The monoisotopic (exact) mass is 310 g/mol. The Balaban J connectivity index is 2.31. The van der Waals surface area contributed by atoms with Gasteiger partial charge in [-0.2, -0.15) is 13.2 Å². The van der Waals surface area contributed by atoms with Gasteiger partial charge in [0.05, 0.1) is 13.0 Å². The van der Waals surface area contributed by atoms with Gasteiger partial charge in [-0.15, -0.1) is 0 Å². The zero-order valence-electron chi connectivity index (χ0n) is 12.5. The molecular weight excluding hydrogens is 285 g/mol. The van der Waals surface area contributed by atoms with Gasteiger partial charge in [0.1, 0.15) is 6.61 Å². The van der Waals surface area contributed by atoms with E-state index in [1.165, 1.54) is 0 Å². The highest BCUT2D eigenvalue weighted by atomic mass is 19.4. The summed E-state index contributed by atoms with van der Waals surface area (Å²) in [4.78, 5) is 13.9. The van der Waals surface area contributed by atoms with Crippen LogP contribution in [0, 0.1) is 5.92 Å². The minimum atomic E-state index is -4.33. The van der Waals surface area contributed by atoms with Crippen LogP contribution in [0.25, 0.3) is 0 Å². The molecule has 0 aromatic rings. The van der Waals surface area contributed by atoms with Crippen LogP contribution in [0.4, 0.5) is 13.2 Å². The van der Waals surface area contributed by atoms with Gasteiger partial charge in [0.25, 0.3) is 0 Å². The normalized spacial score (nSPS) is 17.0. The summed E-state index contributed by atoms with van der Waals surface area (Å²) in [6.45, 7) is 3.81. The molecule has 21 heavy (non-hydrogen) atoms. The van der Waals surface area contributed by atoms with Crippen LogP contribution in [-0.2, 0) is 9.53 Å². The van der Waals surface area contributed by atoms with Gasteiger partial charge >= 0.3 is 6.18 Å². The van der Waals surface area contributed by atoms with Crippen LogP contribution in [0.1, 0.15) is 32.6 Å². The lowest BCUT2D eigenvalue weighted by atomic mass is 9.97. The van der Waals surface area contributed by atoms with Gasteiger partial charge < -0.3 is 15.0 Å². The van der Waals surface area contributed by atoms with E-state index in [1.807, 2.05) is 6.92 Å². The molecule has 0 saturated carbocycles. The highest BCUT2D eigenvalue weighted by Gasteiger charge is 2.27. The SMILES string of the molecule is CCCN(CC1CCNCC1)C(=O)CCOCC(F)(F)F. The third kappa shape index (κ3) is 8.26. The van der Waals surface area contributed by atoms with Gasteiger partial charge in [0.15, 0.2) is 0 Å². The summed E-state index contributed by atoms with van der Waals surface area (Å²) in [5, 5.41) is 3.28. The number of carbonyl (C=O) groups is 1. The van der Waals surface area contributed by atoms with E-state index < -0.39 is 12.8 Å². The number of hydrogen-bond acceptors (Lipinski definition) is 3. The minimum absolute atomic E-state index is 0.0149. The molecular formula is C14H25F3N2O2. The molecule has 1 rings (SSSR count). The Morgan fingerprint density at radius 2 is 2.00 bits per heavy atom. The number of hydrogen-bond donors (Lipinski definition) is 1. The van der Waals surface area contributed by atoms with E-state index in [2.05, 4.69) is 10.1 Å². The molecule has 1 amide bonds. The van der Waals surface area contributed by atoms with Gasteiger partial charge in [-0.1, -0.05) is 6.92 Å². The molecule has 0 aromatic heterocycles. The Morgan fingerprint density at radius 1 is 1.33 bits per heavy atom. The fourth-order valence-electron chi connectivity index (χ4n) is 2.47. The van der Waals surface area contributed by atoms with E-state index in [0.29, 0.717) is 19.0 Å². The van der Waals surface area contributed by atoms with Gasteiger partial charge in [-0.25, -0.2) is 0 Å². The smallest absolute Gasteiger partial charge is 0.372 e. The van der Waals surface area contributed by atoms with Crippen LogP contribution in [-0.4, -0.2) is 56.4 Å². The van der Waals surface area contributed by atoms with E-state index >= 15 is 0 Å². The lowest BCUT2D eigenvalue weighted by Crippen LogP contribution is -2.40. The van der Waals surface area contributed by atoms with Crippen molar-refractivity contribution in [3.8, 4) is 0 Å². The molecule has 7 heteroatoms. The van der Waals surface area contributed by atoms with Crippen molar-refractivity contribution >= 4 is 5.91 Å². The molecule has 0 unspecified atom stereocenters. The second-order valence-electron chi connectivity index (χ2n) is 5.45. The summed E-state index contributed by atoms with van der Waals surface area (Å²) in [5.41, 5.74) is 0. The Morgan fingerprint density at radius 3 is 2.57 bits per heavy atom. The van der Waals surface area contributed by atoms with Crippen molar-refractivity contribution in [3.05, 3.63) is 0 Å². The molecule has 1 aliphatic rings. The van der Waals surface area contributed by atoms with Crippen molar-refractivity contribution in [2.45, 2.75) is 38.8 Å². The Labute approximate surface area is 124 Å². The molecule has 4 nitrogen and oxygen atoms in total. The predicted octanol–water partition coefficient (Wildman–Crippen LogP) is 2.19. The first kappa shape index (κ1) is 18.2. The molecule has 1 saturated heterocycles. The highest BCUT2D eigenvalue weighted by Crippen LogP contribution is 2.16. The Bertz CT molecular complexity index is 305. The number of carbonyl (C=O) groups excluding carboxylic acids is 1. The maximum absolute atomic E-state index is 12.1. The summed E-state index contributed by atoms with van der Waals surface area (Å²) in [5.74, 6) is 0.371. The summed E-state index contributed by atoms with van der Waals surface area (Å²) in [7, 11) is 0. The van der Waals surface area contributed by atoms with E-state index in [4.69, 9.17) is 0 Å². The van der Waals surface area contributed by atoms with E-state index in [0.717, 1.165) is 32.4 Å². The maximum Gasteiger partial charge on any atom is 0.411 e. The topological polar surface area (TPSA) is 41.6 Å². The van der Waals surface area contributed by atoms with Crippen LogP contribution in [0.15, 0.2) is 0 Å². The second-order valence-corrected chi connectivity index (χ2v) is 5.45. The lowest BCUT2D eigenvalue weighted by molar-refractivity contribution is -0.175. The number of halogens is 3. The van der Waals surface area contributed by atoms with Crippen molar-refractivity contribution in [1.29, 1.82) is 0 Å². The largest absolute Gasteiger partial charge is 0.411 e. The van der Waals surface area contributed by atoms with Crippen molar-refractivity contribution < 1.29 is 22.7 Å². The molecule has 0 atom stereocenters. The van der Waals surface area contributed by atoms with Gasteiger partial charge in [-0.05, 0) is 38.3 Å². The first-order valence-electron chi connectivity index (χ1n) is 7.55. The van der Waals surface area contributed by atoms with Crippen LogP contribution in [0.5, 0.6) is 0 Å². The lowest BCUT2D eigenvalue weighted by Gasteiger charge is -2.30. The number of nitrogens with one attached hydrogen (secondary N) is 1. The number of amides is 1. The first-order valence-corrected chi connectivity index (χ1v) is 7.55. The van der Waals surface area contributed by atoms with Crippen LogP contribution in [0.2, 0.25) is 0 Å². The van der Waals surface area contributed by atoms with Gasteiger partial charge in [0, 0.05) is 13.1 Å². The molecule has 0 radical (unpaired) electrons. The summed E-state index contributed by atoms with van der Waals surface area (Å²) in [6.07, 6.45) is -1.39. The average molecular weight is 310 g/mol. The summed E-state index contributed by atoms with van der Waals surface area (Å²) >= 11 is 0. The molecule has 0 bridgehead atoms. The van der Waals surface area contributed by atoms with Crippen LogP contribution >= 0.6 is 0 Å². The molecule has 1 N–H and O–H groups in total. The number of rotatable bonds is 8. The molecule has 0 aromatic carbocycles. The zero-order valence-corrected chi connectivity index (χ0v) is 12.5. The van der Waals surface area contributed by atoms with Crippen LogP contribution in [0.3, 0.4) is 0 Å². The molecule has 1 aliphatic heterocycles. The van der Waals surface area contributed by atoms with Crippen LogP contribution < -0.4 is 5.32 Å². The third-order valence-electron chi connectivity index (χ3n) is 3.51. The van der Waals surface area contributed by atoms with Crippen molar-refractivity contribution in [2.75, 3.05) is 39.4 Å². The number of ether oxygens (including phenoxy) is 1. The van der Waals surface area contributed by atoms with Crippen molar-refractivity contribution in [3.63, 3.8) is 0 Å². The third-order valence-corrected chi connectivity index (χ3v) is 3.51. The molecule has 124 valence electrons. The summed E-state index contributed by atoms with van der Waals surface area (Å²) in [6, 6.07) is 0. The maximum atomic E-state index is 12.1. The zero-order chi connectivity index (χ0) is 15.7. The number of alkyl halides is 3. The fourth-order valence-corrected chi connectivity index (χ4v) is 2.47. The van der Waals surface area contributed by atoms with E-state index in [9.17, 15) is 18.0 Å². The number of piperidine rings is 1. The highest BCUT2D eigenvalue weighted by molar-refractivity contribution is 5.76. The quantitative estimate of drug-likeness (QED) is 0.699. The molecule has 0 aliphatic carbocycles. The van der Waals surface area contributed by atoms with Gasteiger partial charge in [0.2, 0.25) is 5.91 Å². The first-order chi connectivity index (χ1) is 9.92. The van der Waals surface area contributed by atoms with Crippen molar-refractivity contribution in [2.24, 2.45) is 5.92 Å². The second kappa shape index (κ2) is 9.25. The molecule has 1 heterocycles. The average Bonchev–Trinajstić information content (AvgIpc) is 2.43. The Hall–Kier alpha value is -0.820. The minimum Gasteiger partial charge on any atom is -0.372 e. The standard InChI is InChI=1S/C14H25F3N2O2/c1-2-8-19(10-12-3-6-18-7-4-12)13(20)5-9-21-11-14(15,16)17/h12,18H,2-11H2,1H3.